The van der Waals surface area contributed by atoms with E-state index in [4.69, 9.17) is 4.74 Å². The molecule has 0 radical (unpaired) electrons. The summed E-state index contributed by atoms with van der Waals surface area (Å²) in [4.78, 5) is 26.3. The van der Waals surface area contributed by atoms with Gasteiger partial charge >= 0.3 is 5.97 Å². The van der Waals surface area contributed by atoms with Gasteiger partial charge in [0.25, 0.3) is 5.91 Å². The van der Waals surface area contributed by atoms with Gasteiger partial charge in [-0.1, -0.05) is 19.3 Å². The molecule has 1 heterocycles. The van der Waals surface area contributed by atoms with E-state index in [0.29, 0.717) is 18.3 Å². The predicted molar refractivity (Wildman–Crippen MR) is 84.7 cm³/mol. The van der Waals surface area contributed by atoms with Crippen molar-refractivity contribution in [3.63, 3.8) is 0 Å². The normalized spacial score (nSPS) is 15.6. The third kappa shape index (κ3) is 3.70. The Kier molecular flexibility index (Phi) is 5.63. The van der Waals surface area contributed by atoms with Gasteiger partial charge in [-0.2, -0.15) is 0 Å². The standard InChI is InChI=1S/C17H26N2O3/c1-4-19(14-8-6-5-7-9-14)16(20)12-22-17(21)15-11-10-13(2)18(15)3/h10-11,14H,4-9,12H2,1-3H3. The van der Waals surface area contributed by atoms with Crippen molar-refractivity contribution >= 4 is 11.9 Å². The second kappa shape index (κ2) is 7.47. The van der Waals surface area contributed by atoms with Gasteiger partial charge in [0, 0.05) is 25.3 Å². The predicted octanol–water partition coefficient (Wildman–Crippen LogP) is 2.67. The summed E-state index contributed by atoms with van der Waals surface area (Å²) in [6.07, 6.45) is 5.73. The Labute approximate surface area is 132 Å². The zero-order chi connectivity index (χ0) is 16.1. The minimum absolute atomic E-state index is 0.0892. The van der Waals surface area contributed by atoms with Crippen LogP contribution < -0.4 is 0 Å². The van der Waals surface area contributed by atoms with Gasteiger partial charge in [0.1, 0.15) is 5.69 Å². The number of hydrogen-bond acceptors (Lipinski definition) is 3. The fourth-order valence-corrected chi connectivity index (χ4v) is 3.13. The monoisotopic (exact) mass is 306 g/mol. The third-order valence-electron chi connectivity index (χ3n) is 4.59. The first-order valence-electron chi connectivity index (χ1n) is 8.13. The third-order valence-corrected chi connectivity index (χ3v) is 4.59. The molecule has 0 N–H and O–H groups in total. The molecule has 5 nitrogen and oxygen atoms in total. The van der Waals surface area contributed by atoms with Gasteiger partial charge in [0.15, 0.2) is 6.61 Å². The molecular formula is C17H26N2O3. The average molecular weight is 306 g/mol. The van der Waals surface area contributed by atoms with Gasteiger partial charge in [-0.25, -0.2) is 4.79 Å². The lowest BCUT2D eigenvalue weighted by Crippen LogP contribution is -2.43. The van der Waals surface area contributed by atoms with Crippen LogP contribution in [-0.2, 0) is 16.6 Å². The SMILES string of the molecule is CCN(C(=O)COC(=O)c1ccc(C)n1C)C1CCCCC1. The molecule has 0 bridgehead atoms. The van der Waals surface area contributed by atoms with Crippen molar-refractivity contribution in [3.05, 3.63) is 23.5 Å². The fraction of sp³-hybridized carbons (Fsp3) is 0.647. The fourth-order valence-electron chi connectivity index (χ4n) is 3.13. The molecule has 1 aliphatic rings. The zero-order valence-electron chi connectivity index (χ0n) is 13.8. The molecule has 2 rings (SSSR count). The van der Waals surface area contributed by atoms with Gasteiger partial charge in [-0.3, -0.25) is 4.79 Å². The van der Waals surface area contributed by atoms with Crippen LogP contribution in [0.5, 0.6) is 0 Å². The summed E-state index contributed by atoms with van der Waals surface area (Å²) in [6.45, 7) is 4.40. The van der Waals surface area contributed by atoms with Gasteiger partial charge < -0.3 is 14.2 Å². The molecule has 22 heavy (non-hydrogen) atoms. The molecule has 0 unspecified atom stereocenters. The largest absolute Gasteiger partial charge is 0.451 e. The summed E-state index contributed by atoms with van der Waals surface area (Å²) in [5.41, 5.74) is 1.46. The molecule has 0 aromatic carbocycles. The van der Waals surface area contributed by atoms with Crippen molar-refractivity contribution < 1.29 is 14.3 Å². The topological polar surface area (TPSA) is 51.5 Å². The van der Waals surface area contributed by atoms with Gasteiger partial charge in [0.2, 0.25) is 0 Å². The van der Waals surface area contributed by atoms with E-state index >= 15 is 0 Å². The Bertz CT molecular complexity index is 530. The van der Waals surface area contributed by atoms with E-state index in [1.54, 1.807) is 10.6 Å². The lowest BCUT2D eigenvalue weighted by Gasteiger charge is -2.33. The van der Waals surface area contributed by atoms with E-state index < -0.39 is 5.97 Å². The summed E-state index contributed by atoms with van der Waals surface area (Å²) < 4.78 is 6.98. The summed E-state index contributed by atoms with van der Waals surface area (Å²) in [6, 6.07) is 3.89. The molecular weight excluding hydrogens is 280 g/mol. The van der Waals surface area contributed by atoms with Crippen molar-refractivity contribution in [2.24, 2.45) is 7.05 Å². The van der Waals surface area contributed by atoms with Crippen LogP contribution in [0.15, 0.2) is 12.1 Å². The molecule has 1 aliphatic carbocycles. The number of amides is 1. The maximum Gasteiger partial charge on any atom is 0.355 e. The van der Waals surface area contributed by atoms with E-state index in [1.165, 1.54) is 19.3 Å². The van der Waals surface area contributed by atoms with Crippen LogP contribution in [-0.4, -0.2) is 40.5 Å². The summed E-state index contributed by atoms with van der Waals surface area (Å²) in [5.74, 6) is -0.530. The quantitative estimate of drug-likeness (QED) is 0.786. The number of likely N-dealkylation sites (N-methyl/N-ethyl adjacent to an activating group) is 1. The molecule has 0 atom stereocenters. The molecule has 5 heteroatoms. The molecule has 1 amide bonds. The highest BCUT2D eigenvalue weighted by atomic mass is 16.5. The van der Waals surface area contributed by atoms with Crippen LogP contribution in [0, 0.1) is 6.92 Å². The Morgan fingerprint density at radius 2 is 1.95 bits per heavy atom. The molecule has 1 fully saturated rings. The highest BCUT2D eigenvalue weighted by molar-refractivity contribution is 5.90. The molecule has 122 valence electrons. The summed E-state index contributed by atoms with van der Waals surface area (Å²) in [5, 5.41) is 0. The van der Waals surface area contributed by atoms with E-state index in [9.17, 15) is 9.59 Å². The number of nitrogens with zero attached hydrogens (tertiary/aromatic N) is 2. The second-order valence-electron chi connectivity index (χ2n) is 5.97. The minimum Gasteiger partial charge on any atom is -0.451 e. The second-order valence-corrected chi connectivity index (χ2v) is 5.97. The molecule has 0 aliphatic heterocycles. The Balaban J connectivity index is 1.90. The number of hydrogen-bond donors (Lipinski definition) is 0. The number of ether oxygens (including phenoxy) is 1. The Morgan fingerprint density at radius 1 is 1.27 bits per heavy atom. The molecule has 1 aromatic rings. The van der Waals surface area contributed by atoms with Gasteiger partial charge in [0.05, 0.1) is 0 Å². The van der Waals surface area contributed by atoms with Crippen LogP contribution in [0.4, 0.5) is 0 Å². The average Bonchev–Trinajstić information content (AvgIpc) is 2.86. The van der Waals surface area contributed by atoms with Crippen LogP contribution in [0.25, 0.3) is 0 Å². The summed E-state index contributed by atoms with van der Waals surface area (Å²) >= 11 is 0. The van der Waals surface area contributed by atoms with Crippen LogP contribution in [0.2, 0.25) is 0 Å². The van der Waals surface area contributed by atoms with Crippen molar-refractivity contribution in [2.45, 2.75) is 52.0 Å². The maximum atomic E-state index is 12.3. The van der Waals surface area contributed by atoms with Crippen LogP contribution >= 0.6 is 0 Å². The molecule has 0 spiro atoms. The number of carbonyl (C=O) groups is 2. The number of carbonyl (C=O) groups excluding carboxylic acids is 2. The van der Waals surface area contributed by atoms with Crippen molar-refractivity contribution in [1.29, 1.82) is 0 Å². The Morgan fingerprint density at radius 3 is 2.50 bits per heavy atom. The Hall–Kier alpha value is -1.78. The first kappa shape index (κ1) is 16.6. The first-order valence-corrected chi connectivity index (χ1v) is 8.13. The van der Waals surface area contributed by atoms with Gasteiger partial charge in [-0.05, 0) is 38.8 Å². The number of rotatable bonds is 5. The number of aryl methyl sites for hydroxylation is 1. The van der Waals surface area contributed by atoms with Crippen molar-refractivity contribution in [2.75, 3.05) is 13.2 Å². The van der Waals surface area contributed by atoms with E-state index in [2.05, 4.69) is 0 Å². The van der Waals surface area contributed by atoms with Gasteiger partial charge in [-0.15, -0.1) is 0 Å². The lowest BCUT2D eigenvalue weighted by molar-refractivity contribution is -0.137. The van der Waals surface area contributed by atoms with E-state index in [1.807, 2.05) is 31.9 Å². The van der Waals surface area contributed by atoms with Crippen LogP contribution in [0.3, 0.4) is 0 Å². The molecule has 1 aromatic heterocycles. The first-order chi connectivity index (χ1) is 10.5. The summed E-state index contributed by atoms with van der Waals surface area (Å²) in [7, 11) is 1.81. The smallest absolute Gasteiger partial charge is 0.355 e. The number of aromatic nitrogens is 1. The highest BCUT2D eigenvalue weighted by Gasteiger charge is 2.25. The van der Waals surface area contributed by atoms with E-state index in [-0.39, 0.29) is 12.5 Å². The zero-order valence-corrected chi connectivity index (χ0v) is 13.8. The van der Waals surface area contributed by atoms with Crippen LogP contribution in [0.1, 0.15) is 55.2 Å². The maximum absolute atomic E-state index is 12.3. The molecule has 0 saturated heterocycles. The highest BCUT2D eigenvalue weighted by Crippen LogP contribution is 2.22. The lowest BCUT2D eigenvalue weighted by atomic mass is 9.94. The minimum atomic E-state index is -0.441. The molecule has 1 saturated carbocycles. The van der Waals surface area contributed by atoms with E-state index in [0.717, 1.165) is 18.5 Å². The van der Waals surface area contributed by atoms with Crippen molar-refractivity contribution in [1.82, 2.24) is 9.47 Å². The number of esters is 1. The van der Waals surface area contributed by atoms with Crippen molar-refractivity contribution in [3.8, 4) is 0 Å².